The largest absolute Gasteiger partial charge is 0.339 e. The molecule has 0 radical (unpaired) electrons. The highest BCUT2D eigenvalue weighted by Gasteiger charge is 2.28. The monoisotopic (exact) mass is 427 g/mol. The second-order valence-corrected chi connectivity index (χ2v) is 8.54. The minimum atomic E-state index is -0.0400. The van der Waals surface area contributed by atoms with Gasteiger partial charge in [0, 0.05) is 50.6 Å². The first-order chi connectivity index (χ1) is 14.5. The van der Waals surface area contributed by atoms with E-state index in [1.807, 2.05) is 40.1 Å². The average molecular weight is 428 g/mol. The molecule has 4 rings (SSSR count). The lowest BCUT2D eigenvalue weighted by Gasteiger charge is -2.38. The lowest BCUT2D eigenvalue weighted by molar-refractivity contribution is -0.136. The number of nitrogens with zero attached hydrogens (tertiary/aromatic N) is 4. The molecule has 1 aromatic heterocycles. The highest BCUT2D eigenvalue weighted by molar-refractivity contribution is 7.71. The lowest BCUT2D eigenvalue weighted by Crippen LogP contribution is -2.53. The van der Waals surface area contributed by atoms with Crippen molar-refractivity contribution in [1.29, 1.82) is 0 Å². The Morgan fingerprint density at radius 2 is 1.80 bits per heavy atom. The first kappa shape index (κ1) is 20.8. The van der Waals surface area contributed by atoms with Crippen molar-refractivity contribution in [1.82, 2.24) is 24.3 Å². The van der Waals surface area contributed by atoms with Crippen molar-refractivity contribution >= 4 is 24.0 Å². The molecule has 160 valence electrons. The Morgan fingerprint density at radius 3 is 2.50 bits per heavy atom. The second-order valence-electron chi connectivity index (χ2n) is 8.15. The van der Waals surface area contributed by atoms with E-state index in [1.165, 1.54) is 6.42 Å². The van der Waals surface area contributed by atoms with Crippen LogP contribution in [0.5, 0.6) is 0 Å². The Labute approximate surface area is 182 Å². The quantitative estimate of drug-likeness (QED) is 0.762. The van der Waals surface area contributed by atoms with Crippen LogP contribution in [0, 0.1) is 4.77 Å². The number of para-hydroxylation sites is 1. The van der Waals surface area contributed by atoms with Crippen molar-refractivity contribution in [2.75, 3.05) is 39.3 Å². The van der Waals surface area contributed by atoms with Crippen LogP contribution in [0.15, 0.2) is 36.5 Å². The molecule has 2 aliphatic rings. The van der Waals surface area contributed by atoms with Gasteiger partial charge in [0.1, 0.15) is 5.69 Å². The number of carbonyl (C=O) groups excluding carboxylic acids is 2. The summed E-state index contributed by atoms with van der Waals surface area (Å²) in [7, 11) is 0. The fraction of sp³-hybridized carbons (Fsp3) is 0.500. The number of hydrogen-bond acceptors (Lipinski definition) is 4. The summed E-state index contributed by atoms with van der Waals surface area (Å²) in [6.45, 7) is 6.07. The van der Waals surface area contributed by atoms with Crippen LogP contribution in [0.2, 0.25) is 0 Å². The van der Waals surface area contributed by atoms with Crippen LogP contribution in [-0.2, 0) is 4.79 Å². The third-order valence-electron chi connectivity index (χ3n) is 6.15. The van der Waals surface area contributed by atoms with Crippen molar-refractivity contribution in [3.05, 3.63) is 47.0 Å². The van der Waals surface area contributed by atoms with Gasteiger partial charge in [0.05, 0.1) is 6.54 Å². The minimum Gasteiger partial charge on any atom is -0.339 e. The fourth-order valence-electron chi connectivity index (χ4n) is 4.38. The average Bonchev–Trinajstić information content (AvgIpc) is 3.16. The van der Waals surface area contributed by atoms with Crippen molar-refractivity contribution in [3.8, 4) is 5.69 Å². The van der Waals surface area contributed by atoms with E-state index in [0.29, 0.717) is 49.2 Å². The van der Waals surface area contributed by atoms with Crippen molar-refractivity contribution in [2.45, 2.75) is 32.2 Å². The van der Waals surface area contributed by atoms with E-state index in [0.717, 1.165) is 25.1 Å². The normalized spacial score (nSPS) is 20.4. The number of hydrogen-bond donors (Lipinski definition) is 1. The molecule has 1 atom stereocenters. The molecule has 0 aliphatic carbocycles. The molecule has 7 nitrogen and oxygen atoms in total. The van der Waals surface area contributed by atoms with Crippen molar-refractivity contribution < 1.29 is 9.59 Å². The van der Waals surface area contributed by atoms with Gasteiger partial charge >= 0.3 is 0 Å². The predicted octanol–water partition coefficient (Wildman–Crippen LogP) is 2.69. The number of nitrogens with one attached hydrogen (secondary N) is 1. The second kappa shape index (κ2) is 9.14. The zero-order valence-corrected chi connectivity index (χ0v) is 18.2. The summed E-state index contributed by atoms with van der Waals surface area (Å²) in [6.07, 6.45) is 5.09. The number of aromatic amines is 1. The number of H-pyrrole nitrogens is 1. The van der Waals surface area contributed by atoms with Gasteiger partial charge in [0.15, 0.2) is 4.77 Å². The van der Waals surface area contributed by atoms with Crippen LogP contribution < -0.4 is 0 Å². The molecule has 1 aromatic carbocycles. The molecule has 8 heteroatoms. The number of piperazine rings is 1. The van der Waals surface area contributed by atoms with Crippen molar-refractivity contribution in [3.63, 3.8) is 0 Å². The predicted molar refractivity (Wildman–Crippen MR) is 118 cm³/mol. The van der Waals surface area contributed by atoms with Crippen LogP contribution in [-0.4, -0.2) is 81.4 Å². The maximum Gasteiger partial charge on any atom is 0.272 e. The highest BCUT2D eigenvalue weighted by atomic mass is 32.1. The molecule has 1 unspecified atom stereocenters. The number of likely N-dealkylation sites (tertiary alicyclic amines) is 1. The molecule has 1 N–H and O–H groups in total. The van der Waals surface area contributed by atoms with E-state index in [1.54, 1.807) is 10.8 Å². The number of carbonyl (C=O) groups is 2. The number of amides is 2. The van der Waals surface area contributed by atoms with Crippen molar-refractivity contribution in [2.24, 2.45) is 0 Å². The summed E-state index contributed by atoms with van der Waals surface area (Å²) in [5.41, 5.74) is 1.41. The van der Waals surface area contributed by atoms with Gasteiger partial charge in [-0.1, -0.05) is 18.2 Å². The third kappa shape index (κ3) is 4.34. The van der Waals surface area contributed by atoms with Crippen LogP contribution in [0.4, 0.5) is 0 Å². The van der Waals surface area contributed by atoms with Gasteiger partial charge in [-0.2, -0.15) is 0 Å². The van der Waals surface area contributed by atoms with Crippen LogP contribution >= 0.6 is 12.2 Å². The molecular formula is C22H29N5O2S. The maximum absolute atomic E-state index is 13.2. The Bertz CT molecular complexity index is 946. The molecule has 0 saturated carbocycles. The number of rotatable bonds is 4. The molecule has 2 aliphatic heterocycles. The summed E-state index contributed by atoms with van der Waals surface area (Å²) < 4.78 is 2.29. The molecule has 3 heterocycles. The number of imidazole rings is 1. The van der Waals surface area contributed by atoms with Crippen LogP contribution in [0.25, 0.3) is 5.69 Å². The summed E-state index contributed by atoms with van der Waals surface area (Å²) in [4.78, 5) is 34.9. The molecule has 30 heavy (non-hydrogen) atoms. The molecule has 0 spiro atoms. The Kier molecular flexibility index (Phi) is 6.34. The Balaban J connectivity index is 1.38. The smallest absolute Gasteiger partial charge is 0.272 e. The Morgan fingerprint density at radius 1 is 1.07 bits per heavy atom. The van der Waals surface area contributed by atoms with Gasteiger partial charge < -0.3 is 14.8 Å². The van der Waals surface area contributed by atoms with E-state index in [9.17, 15) is 9.59 Å². The van der Waals surface area contributed by atoms with Crippen LogP contribution in [0.1, 0.15) is 36.7 Å². The molecule has 2 fully saturated rings. The first-order valence-electron chi connectivity index (χ1n) is 10.7. The van der Waals surface area contributed by atoms with Gasteiger partial charge in [0.25, 0.3) is 5.91 Å². The molecule has 0 bridgehead atoms. The summed E-state index contributed by atoms with van der Waals surface area (Å²) in [6, 6.07) is 10.0. The topological polar surface area (TPSA) is 64.6 Å². The molecular weight excluding hydrogens is 398 g/mol. The highest BCUT2D eigenvalue weighted by Crippen LogP contribution is 2.18. The number of piperidine rings is 1. The Hall–Kier alpha value is -2.45. The fourth-order valence-corrected chi connectivity index (χ4v) is 4.64. The maximum atomic E-state index is 13.2. The lowest BCUT2D eigenvalue weighted by atomic mass is 10.0. The van der Waals surface area contributed by atoms with Gasteiger partial charge in [-0.3, -0.25) is 19.1 Å². The van der Waals surface area contributed by atoms with E-state index < -0.39 is 0 Å². The summed E-state index contributed by atoms with van der Waals surface area (Å²) >= 11 is 5.40. The zero-order chi connectivity index (χ0) is 21.1. The van der Waals surface area contributed by atoms with E-state index in [-0.39, 0.29) is 11.8 Å². The van der Waals surface area contributed by atoms with Gasteiger partial charge in [-0.05, 0) is 50.5 Å². The molecule has 2 saturated heterocycles. The minimum absolute atomic E-state index is 0.0400. The van der Waals surface area contributed by atoms with E-state index >= 15 is 0 Å². The number of aromatic nitrogens is 2. The summed E-state index contributed by atoms with van der Waals surface area (Å²) in [5.74, 6) is 0.173. The summed E-state index contributed by atoms with van der Waals surface area (Å²) in [5, 5.41) is 0. The van der Waals surface area contributed by atoms with Gasteiger partial charge in [0.2, 0.25) is 5.91 Å². The van der Waals surface area contributed by atoms with Crippen LogP contribution in [0.3, 0.4) is 0 Å². The molecule has 2 amide bonds. The standard InChI is InChI=1S/C22H29N5O2S/c1-17-7-5-6-10-26(17)20(28)16-24-11-13-25(14-12-24)21(29)19-15-23-22(30)27(19)18-8-3-2-4-9-18/h2-4,8-9,15,17H,5-7,10-14,16H2,1H3,(H,23,30). The number of benzene rings is 1. The molecule has 2 aromatic rings. The van der Waals surface area contributed by atoms with E-state index in [2.05, 4.69) is 16.8 Å². The first-order valence-corrected chi connectivity index (χ1v) is 11.1. The zero-order valence-electron chi connectivity index (χ0n) is 17.4. The van der Waals surface area contributed by atoms with Gasteiger partial charge in [-0.15, -0.1) is 0 Å². The SMILES string of the molecule is CC1CCCCN1C(=O)CN1CCN(C(=O)c2c[nH]c(=S)n2-c2ccccc2)CC1. The van der Waals surface area contributed by atoms with Gasteiger partial charge in [-0.25, -0.2) is 0 Å². The third-order valence-corrected chi connectivity index (χ3v) is 6.45. The van der Waals surface area contributed by atoms with E-state index in [4.69, 9.17) is 12.2 Å².